The van der Waals surface area contributed by atoms with Crippen LogP contribution in [0.5, 0.6) is 0 Å². The number of nitrogens with one attached hydrogen (secondary N) is 1. The SMILES string of the molecule is CCC1CCCCC1.CNc1nc(N2CCOCC2)cc(-n2c(C(F)F)nc3ccc(C)cc32)n1. The zero-order valence-corrected chi connectivity index (χ0v) is 20.9. The molecule has 1 N–H and O–H groups in total. The molecule has 1 aliphatic heterocycles. The normalized spacial score (nSPS) is 16.9. The monoisotopic (exact) mass is 486 g/mol. The van der Waals surface area contributed by atoms with E-state index in [1.165, 1.54) is 43.1 Å². The largest absolute Gasteiger partial charge is 0.378 e. The Balaban J connectivity index is 0.000000308. The molecule has 0 spiro atoms. The van der Waals surface area contributed by atoms with Gasteiger partial charge < -0.3 is 15.0 Å². The summed E-state index contributed by atoms with van der Waals surface area (Å²) in [6.45, 7) is 6.80. The molecular weight excluding hydrogens is 450 g/mol. The van der Waals surface area contributed by atoms with Crippen molar-refractivity contribution in [1.82, 2.24) is 19.5 Å². The van der Waals surface area contributed by atoms with Crippen molar-refractivity contribution in [3.63, 3.8) is 0 Å². The summed E-state index contributed by atoms with van der Waals surface area (Å²) in [5, 5.41) is 2.92. The van der Waals surface area contributed by atoms with Gasteiger partial charge in [-0.2, -0.15) is 9.97 Å². The minimum atomic E-state index is -2.72. The molecule has 0 unspecified atom stereocenters. The highest BCUT2D eigenvalue weighted by Gasteiger charge is 2.23. The summed E-state index contributed by atoms with van der Waals surface area (Å²) >= 11 is 0. The van der Waals surface area contributed by atoms with Crippen LogP contribution in [0.25, 0.3) is 16.9 Å². The minimum Gasteiger partial charge on any atom is -0.378 e. The lowest BCUT2D eigenvalue weighted by molar-refractivity contribution is 0.122. The molecule has 2 aliphatic rings. The lowest BCUT2D eigenvalue weighted by atomic mass is 9.88. The van der Waals surface area contributed by atoms with E-state index in [1.807, 2.05) is 19.1 Å². The van der Waals surface area contributed by atoms with E-state index >= 15 is 0 Å². The number of nitrogens with zero attached hydrogens (tertiary/aromatic N) is 5. The molecule has 9 heteroatoms. The molecule has 3 heterocycles. The van der Waals surface area contributed by atoms with Crippen molar-refractivity contribution in [1.29, 1.82) is 0 Å². The first kappa shape index (κ1) is 25.3. The van der Waals surface area contributed by atoms with E-state index in [-0.39, 0.29) is 5.82 Å². The van der Waals surface area contributed by atoms with Crippen molar-refractivity contribution < 1.29 is 13.5 Å². The van der Waals surface area contributed by atoms with Gasteiger partial charge in [-0.05, 0) is 30.5 Å². The van der Waals surface area contributed by atoms with Gasteiger partial charge in [-0.3, -0.25) is 4.57 Å². The standard InChI is InChI=1S/C18H20F2N6O.C8H16/c1-11-3-4-12-13(9-11)26(17(22-12)16(19)20)15-10-14(23-18(21-2)24-15)25-5-7-27-8-6-25;1-2-8-6-4-3-5-7-8/h3-4,9-10,16H,5-8H2,1-2H3,(H,21,23,24);8H,2-7H2,1H3. The first-order valence-corrected chi connectivity index (χ1v) is 12.7. The first-order valence-electron chi connectivity index (χ1n) is 12.7. The van der Waals surface area contributed by atoms with E-state index < -0.39 is 6.43 Å². The zero-order chi connectivity index (χ0) is 24.8. The third kappa shape index (κ3) is 6.07. The maximum absolute atomic E-state index is 13.7. The summed E-state index contributed by atoms with van der Waals surface area (Å²) in [7, 11) is 1.70. The van der Waals surface area contributed by atoms with Gasteiger partial charge in [0, 0.05) is 26.2 Å². The molecule has 2 aromatic heterocycles. The van der Waals surface area contributed by atoms with Crippen molar-refractivity contribution in [2.24, 2.45) is 5.92 Å². The lowest BCUT2D eigenvalue weighted by Gasteiger charge is -2.28. The molecule has 190 valence electrons. The highest BCUT2D eigenvalue weighted by Crippen LogP contribution is 2.30. The van der Waals surface area contributed by atoms with Crippen molar-refractivity contribution in [3.8, 4) is 5.82 Å². The topological polar surface area (TPSA) is 68.1 Å². The number of fused-ring (bicyclic) bond motifs is 1. The molecule has 1 aliphatic carbocycles. The maximum atomic E-state index is 13.7. The van der Waals surface area contributed by atoms with Gasteiger partial charge in [0.1, 0.15) is 11.6 Å². The Bertz CT molecular complexity index is 1110. The van der Waals surface area contributed by atoms with Crippen LogP contribution in [0.15, 0.2) is 24.3 Å². The number of imidazole rings is 1. The van der Waals surface area contributed by atoms with Gasteiger partial charge >= 0.3 is 0 Å². The van der Waals surface area contributed by atoms with E-state index in [0.29, 0.717) is 54.9 Å². The number of ether oxygens (including phenoxy) is 1. The summed E-state index contributed by atoms with van der Waals surface area (Å²) in [6.07, 6.45) is 6.21. The molecule has 35 heavy (non-hydrogen) atoms. The van der Waals surface area contributed by atoms with Crippen LogP contribution < -0.4 is 10.2 Å². The number of morpholine rings is 1. The summed E-state index contributed by atoms with van der Waals surface area (Å²) in [5.41, 5.74) is 2.06. The average Bonchev–Trinajstić information content (AvgIpc) is 3.29. The number of hydrogen-bond donors (Lipinski definition) is 1. The van der Waals surface area contributed by atoms with Gasteiger partial charge in [0.05, 0.1) is 24.2 Å². The fourth-order valence-corrected chi connectivity index (χ4v) is 4.79. The predicted octanol–water partition coefficient (Wildman–Crippen LogP) is 5.92. The third-order valence-electron chi connectivity index (χ3n) is 6.82. The number of rotatable bonds is 5. The fraction of sp³-hybridized carbons (Fsp3) is 0.577. The molecule has 2 fully saturated rings. The molecule has 0 amide bonds. The van der Waals surface area contributed by atoms with Gasteiger partial charge in [0.25, 0.3) is 6.43 Å². The van der Waals surface area contributed by atoms with Crippen LogP contribution in [0.4, 0.5) is 20.5 Å². The Kier molecular flexibility index (Phi) is 8.49. The van der Waals surface area contributed by atoms with Crippen LogP contribution in [0.3, 0.4) is 0 Å². The van der Waals surface area contributed by atoms with Crippen LogP contribution in [-0.4, -0.2) is 52.9 Å². The van der Waals surface area contributed by atoms with E-state index in [0.717, 1.165) is 11.5 Å². The molecule has 0 radical (unpaired) electrons. The number of aryl methyl sites for hydroxylation is 1. The van der Waals surface area contributed by atoms with Crippen LogP contribution in [0.2, 0.25) is 0 Å². The third-order valence-corrected chi connectivity index (χ3v) is 6.82. The van der Waals surface area contributed by atoms with E-state index in [1.54, 1.807) is 19.2 Å². The molecule has 0 bridgehead atoms. The summed E-state index contributed by atoms with van der Waals surface area (Å²) < 4.78 is 34.2. The number of hydrogen-bond acceptors (Lipinski definition) is 6. The maximum Gasteiger partial charge on any atom is 0.296 e. The van der Waals surface area contributed by atoms with E-state index in [9.17, 15) is 8.78 Å². The second-order valence-electron chi connectivity index (χ2n) is 9.27. The zero-order valence-electron chi connectivity index (χ0n) is 20.9. The number of aromatic nitrogens is 4. The van der Waals surface area contributed by atoms with Crippen molar-refractivity contribution in [3.05, 3.63) is 35.7 Å². The second kappa shape index (κ2) is 11.7. The molecule has 5 rings (SSSR count). The number of alkyl halides is 2. The smallest absolute Gasteiger partial charge is 0.296 e. The molecule has 7 nitrogen and oxygen atoms in total. The van der Waals surface area contributed by atoms with Crippen LogP contribution in [0.1, 0.15) is 63.3 Å². The highest BCUT2D eigenvalue weighted by molar-refractivity contribution is 5.79. The van der Waals surface area contributed by atoms with Crippen LogP contribution in [0, 0.1) is 12.8 Å². The number of benzene rings is 1. The Morgan fingerprint density at radius 3 is 2.37 bits per heavy atom. The van der Waals surface area contributed by atoms with Gasteiger partial charge in [-0.25, -0.2) is 13.8 Å². The minimum absolute atomic E-state index is 0.329. The molecule has 1 aromatic carbocycles. The van der Waals surface area contributed by atoms with Crippen LogP contribution in [-0.2, 0) is 4.74 Å². The van der Waals surface area contributed by atoms with Crippen molar-refractivity contribution >= 4 is 22.8 Å². The quantitative estimate of drug-likeness (QED) is 0.483. The molecule has 0 atom stereocenters. The summed E-state index contributed by atoms with van der Waals surface area (Å²) in [5.74, 6) is 2.15. The van der Waals surface area contributed by atoms with E-state index in [2.05, 4.69) is 32.1 Å². The molecule has 3 aromatic rings. The van der Waals surface area contributed by atoms with Crippen LogP contribution >= 0.6 is 0 Å². The molecular formula is C26H36F2N6O. The lowest BCUT2D eigenvalue weighted by Crippen LogP contribution is -2.37. The number of anilines is 2. The predicted molar refractivity (Wildman–Crippen MR) is 136 cm³/mol. The Morgan fingerprint density at radius 1 is 1.03 bits per heavy atom. The molecule has 1 saturated heterocycles. The van der Waals surface area contributed by atoms with Gasteiger partial charge in [0.2, 0.25) is 5.95 Å². The first-order chi connectivity index (χ1) is 17.0. The van der Waals surface area contributed by atoms with E-state index in [4.69, 9.17) is 4.74 Å². The fourth-order valence-electron chi connectivity index (χ4n) is 4.79. The van der Waals surface area contributed by atoms with Gasteiger partial charge in [-0.1, -0.05) is 51.5 Å². The van der Waals surface area contributed by atoms with Gasteiger partial charge in [0.15, 0.2) is 5.82 Å². The van der Waals surface area contributed by atoms with Gasteiger partial charge in [-0.15, -0.1) is 0 Å². The number of halogens is 2. The Morgan fingerprint density at radius 2 is 1.74 bits per heavy atom. The van der Waals surface area contributed by atoms with Crippen molar-refractivity contribution in [2.75, 3.05) is 43.6 Å². The summed E-state index contributed by atoms with van der Waals surface area (Å²) in [4.78, 5) is 15.1. The Hall–Kier alpha value is -2.81. The molecule has 1 saturated carbocycles. The second-order valence-corrected chi connectivity index (χ2v) is 9.27. The highest BCUT2D eigenvalue weighted by atomic mass is 19.3. The van der Waals surface area contributed by atoms with Crippen molar-refractivity contribution in [2.45, 2.75) is 58.8 Å². The Labute approximate surface area is 205 Å². The average molecular weight is 487 g/mol. The summed E-state index contributed by atoms with van der Waals surface area (Å²) in [6, 6.07) is 7.16.